The molecule has 0 aliphatic heterocycles. The molecular formula is C19H28O3. The standard InChI is InChI=1S/C19H28O3/c20-19(17-9-11-1-2-14(17)4-11)22-10-21-18-15-5-12-3-13(7-15)8-16(18)6-12/h11-18H,1-10H2. The fraction of sp³-hybridized carbons (Fsp3) is 0.947. The first-order chi connectivity index (χ1) is 10.8. The molecule has 22 heavy (non-hydrogen) atoms. The molecule has 0 saturated heterocycles. The molecule has 6 fully saturated rings. The van der Waals surface area contributed by atoms with Gasteiger partial charge in [-0.15, -0.1) is 0 Å². The number of ether oxygens (including phenoxy) is 2. The second-order valence-corrected chi connectivity index (χ2v) is 8.92. The third kappa shape index (κ3) is 2.23. The zero-order chi connectivity index (χ0) is 14.7. The zero-order valence-electron chi connectivity index (χ0n) is 13.4. The molecule has 3 atom stereocenters. The number of carbonyl (C=O) groups excluding carboxylic acids is 1. The SMILES string of the molecule is O=C(OCOC1C2CC3CC(C2)CC1C3)C1CC2CCC1C2. The van der Waals surface area contributed by atoms with Crippen LogP contribution < -0.4 is 0 Å². The Hall–Kier alpha value is -0.570. The highest BCUT2D eigenvalue weighted by molar-refractivity contribution is 5.73. The van der Waals surface area contributed by atoms with Gasteiger partial charge in [0, 0.05) is 0 Å². The van der Waals surface area contributed by atoms with Gasteiger partial charge in [-0.05, 0) is 86.9 Å². The van der Waals surface area contributed by atoms with Gasteiger partial charge in [0.05, 0.1) is 12.0 Å². The first-order valence-corrected chi connectivity index (χ1v) is 9.54. The molecule has 6 bridgehead atoms. The van der Waals surface area contributed by atoms with Crippen LogP contribution in [0.4, 0.5) is 0 Å². The summed E-state index contributed by atoms with van der Waals surface area (Å²) in [6, 6.07) is 0. The number of hydrogen-bond donors (Lipinski definition) is 0. The second-order valence-electron chi connectivity index (χ2n) is 8.92. The van der Waals surface area contributed by atoms with E-state index in [2.05, 4.69) is 0 Å². The van der Waals surface area contributed by atoms with Crippen molar-refractivity contribution in [2.75, 3.05) is 6.79 Å². The van der Waals surface area contributed by atoms with Crippen LogP contribution in [0.3, 0.4) is 0 Å². The molecule has 0 amide bonds. The first-order valence-electron chi connectivity index (χ1n) is 9.54. The van der Waals surface area contributed by atoms with E-state index in [9.17, 15) is 4.79 Å². The number of esters is 1. The highest BCUT2D eigenvalue weighted by Crippen LogP contribution is 2.54. The predicted octanol–water partition coefficient (Wildman–Crippen LogP) is 3.76. The number of hydrogen-bond acceptors (Lipinski definition) is 3. The summed E-state index contributed by atoms with van der Waals surface area (Å²) in [6.45, 7) is 0.208. The van der Waals surface area contributed by atoms with Crippen molar-refractivity contribution in [3.05, 3.63) is 0 Å². The molecule has 0 aromatic heterocycles. The normalized spacial score (nSPS) is 51.5. The summed E-state index contributed by atoms with van der Waals surface area (Å²) >= 11 is 0. The Labute approximate surface area is 133 Å². The Kier molecular flexibility index (Phi) is 3.28. The summed E-state index contributed by atoms with van der Waals surface area (Å²) in [7, 11) is 0. The molecule has 0 spiro atoms. The number of fused-ring (bicyclic) bond motifs is 2. The Bertz CT molecular complexity index is 432. The lowest BCUT2D eigenvalue weighted by atomic mass is 9.55. The highest BCUT2D eigenvalue weighted by Gasteiger charge is 2.49. The van der Waals surface area contributed by atoms with Gasteiger partial charge in [0.15, 0.2) is 6.79 Å². The summed E-state index contributed by atoms with van der Waals surface area (Å²) in [4.78, 5) is 12.3. The fourth-order valence-corrected chi connectivity index (χ4v) is 6.96. The van der Waals surface area contributed by atoms with Gasteiger partial charge in [0.1, 0.15) is 0 Å². The highest BCUT2D eigenvalue weighted by atomic mass is 16.7. The predicted molar refractivity (Wildman–Crippen MR) is 81.8 cm³/mol. The van der Waals surface area contributed by atoms with Gasteiger partial charge in [0.2, 0.25) is 0 Å². The molecule has 6 rings (SSSR count). The van der Waals surface area contributed by atoms with Crippen LogP contribution in [0.1, 0.15) is 57.8 Å². The van der Waals surface area contributed by atoms with Crippen molar-refractivity contribution in [1.29, 1.82) is 0 Å². The van der Waals surface area contributed by atoms with E-state index in [0.29, 0.717) is 12.0 Å². The van der Waals surface area contributed by atoms with Gasteiger partial charge in [0.25, 0.3) is 0 Å². The van der Waals surface area contributed by atoms with Crippen molar-refractivity contribution in [2.45, 2.75) is 63.9 Å². The maximum atomic E-state index is 12.3. The third-order valence-electron chi connectivity index (χ3n) is 7.64. The molecule has 122 valence electrons. The van der Waals surface area contributed by atoms with Gasteiger partial charge in [-0.1, -0.05) is 6.42 Å². The molecule has 6 aliphatic rings. The molecule has 6 aliphatic carbocycles. The quantitative estimate of drug-likeness (QED) is 0.586. The largest absolute Gasteiger partial charge is 0.438 e. The average Bonchev–Trinajstić information content (AvgIpc) is 3.12. The molecule has 6 saturated carbocycles. The smallest absolute Gasteiger partial charge is 0.311 e. The van der Waals surface area contributed by atoms with Crippen LogP contribution in [-0.2, 0) is 14.3 Å². The van der Waals surface area contributed by atoms with E-state index in [1.165, 1.54) is 51.4 Å². The second kappa shape index (κ2) is 5.22. The van der Waals surface area contributed by atoms with Crippen LogP contribution in [0, 0.1) is 41.4 Å². The van der Waals surface area contributed by atoms with Gasteiger partial charge in [-0.2, -0.15) is 0 Å². The fourth-order valence-electron chi connectivity index (χ4n) is 6.96. The monoisotopic (exact) mass is 304 g/mol. The zero-order valence-corrected chi connectivity index (χ0v) is 13.4. The maximum absolute atomic E-state index is 12.3. The average molecular weight is 304 g/mol. The van der Waals surface area contributed by atoms with Gasteiger partial charge in [-0.3, -0.25) is 4.79 Å². The minimum Gasteiger partial charge on any atom is -0.438 e. The summed E-state index contributed by atoms with van der Waals surface area (Å²) in [5, 5.41) is 0. The Morgan fingerprint density at radius 2 is 1.45 bits per heavy atom. The van der Waals surface area contributed by atoms with E-state index in [4.69, 9.17) is 9.47 Å². The van der Waals surface area contributed by atoms with Crippen LogP contribution in [0.5, 0.6) is 0 Å². The van der Waals surface area contributed by atoms with Crippen LogP contribution in [0.25, 0.3) is 0 Å². The Morgan fingerprint density at radius 1 is 0.773 bits per heavy atom. The lowest BCUT2D eigenvalue weighted by molar-refractivity contribution is -0.190. The van der Waals surface area contributed by atoms with Gasteiger partial charge in [-0.25, -0.2) is 0 Å². The maximum Gasteiger partial charge on any atom is 0.311 e. The minimum atomic E-state index is 0.0241. The van der Waals surface area contributed by atoms with E-state index in [1.807, 2.05) is 0 Å². The van der Waals surface area contributed by atoms with Crippen molar-refractivity contribution in [3.8, 4) is 0 Å². The van der Waals surface area contributed by atoms with Gasteiger partial charge < -0.3 is 9.47 Å². The molecule has 0 N–H and O–H groups in total. The summed E-state index contributed by atoms with van der Waals surface area (Å²) in [5.74, 6) is 5.05. The van der Waals surface area contributed by atoms with Crippen molar-refractivity contribution in [2.24, 2.45) is 41.4 Å². The van der Waals surface area contributed by atoms with E-state index < -0.39 is 0 Å². The van der Waals surface area contributed by atoms with E-state index >= 15 is 0 Å². The van der Waals surface area contributed by atoms with Crippen molar-refractivity contribution >= 4 is 5.97 Å². The third-order valence-corrected chi connectivity index (χ3v) is 7.64. The van der Waals surface area contributed by atoms with E-state index in [1.54, 1.807) is 0 Å². The lowest BCUT2D eigenvalue weighted by Crippen LogP contribution is -2.49. The molecule has 0 aromatic rings. The van der Waals surface area contributed by atoms with Crippen molar-refractivity contribution in [3.63, 3.8) is 0 Å². The molecule has 3 heteroatoms. The molecular weight excluding hydrogens is 276 g/mol. The van der Waals surface area contributed by atoms with E-state index in [0.717, 1.165) is 36.0 Å². The minimum absolute atomic E-state index is 0.0241. The summed E-state index contributed by atoms with van der Waals surface area (Å²) in [5.41, 5.74) is 0. The number of rotatable bonds is 4. The molecule has 3 nitrogen and oxygen atoms in total. The molecule has 0 aromatic carbocycles. The van der Waals surface area contributed by atoms with Crippen molar-refractivity contribution < 1.29 is 14.3 Å². The van der Waals surface area contributed by atoms with Crippen LogP contribution in [0.2, 0.25) is 0 Å². The van der Waals surface area contributed by atoms with Crippen LogP contribution in [-0.4, -0.2) is 18.9 Å². The van der Waals surface area contributed by atoms with Crippen LogP contribution in [0.15, 0.2) is 0 Å². The first kappa shape index (κ1) is 13.8. The van der Waals surface area contributed by atoms with Gasteiger partial charge >= 0.3 is 5.97 Å². The van der Waals surface area contributed by atoms with Crippen molar-refractivity contribution in [1.82, 2.24) is 0 Å². The lowest BCUT2D eigenvalue weighted by Gasteiger charge is -2.53. The molecule has 0 radical (unpaired) electrons. The summed E-state index contributed by atoms with van der Waals surface area (Å²) < 4.78 is 11.6. The summed E-state index contributed by atoms with van der Waals surface area (Å²) in [6.07, 6.45) is 12.2. The number of carbonyl (C=O) groups is 1. The topological polar surface area (TPSA) is 35.5 Å². The van der Waals surface area contributed by atoms with Crippen LogP contribution >= 0.6 is 0 Å². The Balaban J connectivity index is 1.13. The van der Waals surface area contributed by atoms with E-state index in [-0.39, 0.29) is 18.7 Å². The molecule has 3 unspecified atom stereocenters. The Morgan fingerprint density at radius 3 is 2.05 bits per heavy atom. The molecule has 0 heterocycles.